The monoisotopic (exact) mass is 467 g/mol. The molecular weight excluding hydrogens is 445 g/mol. The highest BCUT2D eigenvalue weighted by molar-refractivity contribution is 7.90. The lowest BCUT2D eigenvalue weighted by Crippen LogP contribution is -2.07. The van der Waals surface area contributed by atoms with Gasteiger partial charge in [-0.1, -0.05) is 42.1 Å². The quantitative estimate of drug-likeness (QED) is 0.483. The number of aliphatic imine (C=N–C) groups is 1. The van der Waals surface area contributed by atoms with Crippen LogP contribution in [0, 0.1) is 5.82 Å². The van der Waals surface area contributed by atoms with Crippen LogP contribution < -0.4 is 11.5 Å². The third kappa shape index (κ3) is 5.01. The summed E-state index contributed by atoms with van der Waals surface area (Å²) in [6, 6.07) is 10.7. The van der Waals surface area contributed by atoms with Crippen molar-refractivity contribution in [2.75, 3.05) is 0 Å². The first kappa shape index (κ1) is 22.4. The lowest BCUT2D eigenvalue weighted by molar-refractivity contribution is 0.383. The van der Waals surface area contributed by atoms with Crippen molar-refractivity contribution in [1.82, 2.24) is 10.1 Å². The van der Waals surface area contributed by atoms with E-state index in [0.29, 0.717) is 22.5 Å². The van der Waals surface area contributed by atoms with Gasteiger partial charge < -0.3 is 16.0 Å². The van der Waals surface area contributed by atoms with E-state index in [1.54, 1.807) is 24.3 Å². The second-order valence-corrected chi connectivity index (χ2v) is 9.60. The number of halogens is 1. The topological polar surface area (TPSA) is 137 Å². The molecule has 0 spiro atoms. The predicted molar refractivity (Wildman–Crippen MR) is 123 cm³/mol. The zero-order valence-electron chi connectivity index (χ0n) is 17.6. The second-order valence-electron chi connectivity index (χ2n) is 7.64. The molecule has 33 heavy (non-hydrogen) atoms. The first-order chi connectivity index (χ1) is 15.8. The Bertz CT molecular complexity index is 1370. The summed E-state index contributed by atoms with van der Waals surface area (Å²) >= 11 is 0. The van der Waals surface area contributed by atoms with Gasteiger partial charge in [0.05, 0.1) is 4.90 Å². The maximum absolute atomic E-state index is 15.0. The summed E-state index contributed by atoms with van der Waals surface area (Å²) in [5.41, 5.74) is 12.2. The zero-order chi connectivity index (χ0) is 23.6. The number of rotatable bonds is 8. The Balaban J connectivity index is 1.66. The molecule has 0 aliphatic heterocycles. The van der Waals surface area contributed by atoms with Gasteiger partial charge in [-0.2, -0.15) is 4.98 Å². The molecule has 1 heterocycles. The summed E-state index contributed by atoms with van der Waals surface area (Å²) in [6.45, 7) is 3.45. The molecule has 170 valence electrons. The fourth-order valence-electron chi connectivity index (χ4n) is 3.32. The Morgan fingerprint density at radius 1 is 1.27 bits per heavy atom. The Kier molecular flexibility index (Phi) is 6.10. The number of hydrogen-bond donors (Lipinski definition) is 2. The minimum atomic E-state index is -3.84. The van der Waals surface area contributed by atoms with Crippen molar-refractivity contribution in [2.24, 2.45) is 16.5 Å². The summed E-state index contributed by atoms with van der Waals surface area (Å²) in [5.74, 6) is -0.167. The molecule has 1 aliphatic carbocycles. The van der Waals surface area contributed by atoms with E-state index < -0.39 is 21.4 Å². The van der Waals surface area contributed by atoms with Gasteiger partial charge in [0.2, 0.25) is 5.89 Å². The van der Waals surface area contributed by atoms with Crippen LogP contribution in [0.25, 0.3) is 16.7 Å². The molecule has 1 aliphatic rings. The van der Waals surface area contributed by atoms with E-state index in [9.17, 15) is 12.8 Å². The van der Waals surface area contributed by atoms with Gasteiger partial charge in [-0.3, -0.25) is 0 Å². The average Bonchev–Trinajstić information content (AvgIpc) is 3.54. The van der Waals surface area contributed by atoms with Crippen molar-refractivity contribution in [1.29, 1.82) is 0 Å². The normalized spacial score (nSPS) is 14.6. The number of sulfone groups is 1. The SMILES string of the molecule is C=C(N)N=C/C(=C\N)c1ccc(-c2ccccc2S(=O)(=O)Cc2nc(C3CC3)no2)cc1F. The molecule has 0 amide bonds. The minimum Gasteiger partial charge on any atom is -0.404 e. The molecule has 0 bridgehead atoms. The molecule has 1 aromatic heterocycles. The molecule has 0 unspecified atom stereocenters. The van der Waals surface area contributed by atoms with Crippen LogP contribution in [0.15, 0.2) is 75.5 Å². The first-order valence-corrected chi connectivity index (χ1v) is 11.8. The van der Waals surface area contributed by atoms with E-state index >= 15 is 0 Å². The molecule has 4 rings (SSSR count). The van der Waals surface area contributed by atoms with Crippen LogP contribution in [0.1, 0.15) is 36.0 Å². The summed E-state index contributed by atoms with van der Waals surface area (Å²) in [5, 5.41) is 3.87. The molecule has 1 fully saturated rings. The summed E-state index contributed by atoms with van der Waals surface area (Å²) in [7, 11) is -3.84. The molecule has 4 N–H and O–H groups in total. The van der Waals surface area contributed by atoms with Crippen LogP contribution in [-0.2, 0) is 15.6 Å². The van der Waals surface area contributed by atoms with Crippen molar-refractivity contribution in [3.63, 3.8) is 0 Å². The van der Waals surface area contributed by atoms with Crippen LogP contribution in [0.2, 0.25) is 0 Å². The van der Waals surface area contributed by atoms with Crippen molar-refractivity contribution >= 4 is 21.6 Å². The van der Waals surface area contributed by atoms with Gasteiger partial charge in [0.25, 0.3) is 0 Å². The van der Waals surface area contributed by atoms with E-state index in [2.05, 4.69) is 21.7 Å². The van der Waals surface area contributed by atoms with E-state index in [-0.39, 0.29) is 28.1 Å². The maximum Gasteiger partial charge on any atom is 0.242 e. The van der Waals surface area contributed by atoms with Gasteiger partial charge in [-0.05, 0) is 30.5 Å². The van der Waals surface area contributed by atoms with E-state index in [1.807, 2.05) is 0 Å². The van der Waals surface area contributed by atoms with Gasteiger partial charge in [-0.25, -0.2) is 17.8 Å². The number of hydrogen-bond acceptors (Lipinski definition) is 8. The van der Waals surface area contributed by atoms with E-state index in [4.69, 9.17) is 16.0 Å². The molecule has 3 aromatic rings. The van der Waals surface area contributed by atoms with Crippen molar-refractivity contribution in [2.45, 2.75) is 29.4 Å². The third-order valence-electron chi connectivity index (χ3n) is 5.10. The number of allylic oxidation sites excluding steroid dienone is 1. The molecule has 0 radical (unpaired) electrons. The average molecular weight is 468 g/mol. The smallest absolute Gasteiger partial charge is 0.242 e. The Hall–Kier alpha value is -3.79. The van der Waals surface area contributed by atoms with E-state index in [0.717, 1.165) is 12.8 Å². The first-order valence-electron chi connectivity index (χ1n) is 10.1. The summed E-state index contributed by atoms with van der Waals surface area (Å²) < 4.78 is 46.4. The highest BCUT2D eigenvalue weighted by atomic mass is 32.2. The highest BCUT2D eigenvalue weighted by Gasteiger charge is 2.30. The lowest BCUT2D eigenvalue weighted by Gasteiger charge is -2.11. The van der Waals surface area contributed by atoms with Crippen LogP contribution in [0.3, 0.4) is 0 Å². The highest BCUT2D eigenvalue weighted by Crippen LogP contribution is 2.38. The van der Waals surface area contributed by atoms with Gasteiger partial charge in [-0.15, -0.1) is 0 Å². The van der Waals surface area contributed by atoms with Crippen LogP contribution in [0.5, 0.6) is 0 Å². The van der Waals surface area contributed by atoms with Crippen LogP contribution in [0.4, 0.5) is 4.39 Å². The van der Waals surface area contributed by atoms with Crippen molar-refractivity contribution in [3.05, 3.63) is 84.2 Å². The van der Waals surface area contributed by atoms with Crippen LogP contribution >= 0.6 is 0 Å². The molecule has 2 aromatic carbocycles. The van der Waals surface area contributed by atoms with Crippen molar-refractivity contribution < 1.29 is 17.3 Å². The fourth-order valence-corrected chi connectivity index (χ4v) is 4.73. The molecular formula is C23H22FN5O3S. The second kappa shape index (κ2) is 8.99. The van der Waals surface area contributed by atoms with Gasteiger partial charge in [0.1, 0.15) is 17.4 Å². The number of aromatic nitrogens is 2. The van der Waals surface area contributed by atoms with Crippen molar-refractivity contribution in [3.8, 4) is 11.1 Å². The number of nitrogens with zero attached hydrogens (tertiary/aromatic N) is 3. The minimum absolute atomic E-state index is 0.0340. The molecule has 10 heteroatoms. The van der Waals surface area contributed by atoms with E-state index in [1.165, 1.54) is 30.6 Å². The maximum atomic E-state index is 15.0. The predicted octanol–water partition coefficient (Wildman–Crippen LogP) is 3.53. The third-order valence-corrected chi connectivity index (χ3v) is 6.76. The number of nitrogens with two attached hydrogens (primary N) is 2. The standard InChI is InChI=1S/C23H22FN5O3S/c1-14(26)27-12-17(11-25)18-9-8-16(10-20(18)24)19-4-2-3-5-21(19)33(30,31)13-22-28-23(29-32-22)15-6-7-15/h2-5,8-12,15H,1,6-7,13,25-26H2/b17-11+,27-12?. The molecule has 8 nitrogen and oxygen atoms in total. The Labute approximate surface area is 190 Å². The summed E-state index contributed by atoms with van der Waals surface area (Å²) in [4.78, 5) is 8.09. The number of benzene rings is 2. The van der Waals surface area contributed by atoms with Crippen LogP contribution in [-0.4, -0.2) is 24.8 Å². The fraction of sp³-hybridized carbons (Fsp3) is 0.174. The van der Waals surface area contributed by atoms with Gasteiger partial charge in [0, 0.05) is 35.0 Å². The van der Waals surface area contributed by atoms with Gasteiger partial charge >= 0.3 is 0 Å². The Morgan fingerprint density at radius 2 is 2.03 bits per heavy atom. The molecule has 1 saturated carbocycles. The molecule has 0 saturated heterocycles. The van der Waals surface area contributed by atoms with Gasteiger partial charge in [0.15, 0.2) is 15.7 Å². The largest absolute Gasteiger partial charge is 0.404 e. The zero-order valence-corrected chi connectivity index (χ0v) is 18.4. The lowest BCUT2D eigenvalue weighted by atomic mass is 10.0. The molecule has 0 atom stereocenters. The summed E-state index contributed by atoms with van der Waals surface area (Å²) in [6.07, 6.45) is 4.45. The Morgan fingerprint density at radius 3 is 2.70 bits per heavy atom.